The fourth-order valence-corrected chi connectivity index (χ4v) is 11.0. The van der Waals surface area contributed by atoms with Crippen molar-refractivity contribution in [3.05, 3.63) is 11.6 Å². The second-order valence-corrected chi connectivity index (χ2v) is 15.8. The number of rotatable bonds is 2. The van der Waals surface area contributed by atoms with Gasteiger partial charge < -0.3 is 5.32 Å². The average molecular weight is 527 g/mol. The van der Waals surface area contributed by atoms with Crippen molar-refractivity contribution in [1.82, 2.24) is 10.8 Å². The monoisotopic (exact) mass is 526 g/mol. The molecule has 3 N–H and O–H groups in total. The zero-order valence-corrected chi connectivity index (χ0v) is 24.9. The first kappa shape index (κ1) is 27.9. The maximum Gasteiger partial charge on any atom is 0.249 e. The molecule has 5 aliphatic rings. The molecule has 38 heavy (non-hydrogen) atoms. The van der Waals surface area contributed by atoms with Crippen LogP contribution in [0, 0.1) is 50.2 Å². The van der Waals surface area contributed by atoms with Crippen LogP contribution >= 0.6 is 0 Å². The molecule has 0 heterocycles. The molecular formula is C32H50N2O4. The number of hydrogen-bond donors (Lipinski definition) is 3. The molecule has 5 aliphatic carbocycles. The molecule has 4 saturated carbocycles. The van der Waals surface area contributed by atoms with Crippen LogP contribution in [0.25, 0.3) is 0 Å². The summed E-state index contributed by atoms with van der Waals surface area (Å²) in [6.45, 7) is 17.7. The minimum absolute atomic E-state index is 0.0285. The van der Waals surface area contributed by atoms with E-state index in [1.807, 2.05) is 18.5 Å². The van der Waals surface area contributed by atoms with Gasteiger partial charge in [0.2, 0.25) is 11.8 Å². The molecule has 3 unspecified atom stereocenters. The normalized spacial score (nSPS) is 49.4. The third-order valence-electron chi connectivity index (χ3n) is 13.6. The lowest BCUT2D eigenvalue weighted by atomic mass is 9.33. The molecule has 0 bridgehead atoms. The van der Waals surface area contributed by atoms with Crippen LogP contribution in [0.5, 0.6) is 0 Å². The van der Waals surface area contributed by atoms with E-state index in [1.54, 1.807) is 6.92 Å². The van der Waals surface area contributed by atoms with Gasteiger partial charge in [-0.25, -0.2) is 5.48 Å². The molecule has 5 rings (SSSR count). The number of fused-ring (bicyclic) bond motifs is 7. The minimum atomic E-state index is -0.630. The largest absolute Gasteiger partial charge is 0.353 e. The van der Waals surface area contributed by atoms with Crippen molar-refractivity contribution >= 4 is 17.6 Å². The van der Waals surface area contributed by atoms with Crippen molar-refractivity contribution in [2.24, 2.45) is 50.2 Å². The molecule has 0 radical (unpaired) electrons. The van der Waals surface area contributed by atoms with Gasteiger partial charge in [0.05, 0.1) is 0 Å². The molecule has 0 aromatic carbocycles. The van der Waals surface area contributed by atoms with Crippen molar-refractivity contribution in [2.45, 2.75) is 119 Å². The fourth-order valence-electron chi connectivity index (χ4n) is 11.0. The Labute approximate surface area is 229 Å². The van der Waals surface area contributed by atoms with Crippen molar-refractivity contribution in [3.8, 4) is 0 Å². The molecule has 0 saturated heterocycles. The van der Waals surface area contributed by atoms with Gasteiger partial charge in [0, 0.05) is 24.3 Å². The van der Waals surface area contributed by atoms with E-state index in [9.17, 15) is 19.6 Å². The van der Waals surface area contributed by atoms with Crippen molar-refractivity contribution in [2.75, 3.05) is 0 Å². The van der Waals surface area contributed by atoms with E-state index in [4.69, 9.17) is 0 Å². The van der Waals surface area contributed by atoms with Gasteiger partial charge in [-0.1, -0.05) is 54.0 Å². The van der Waals surface area contributed by atoms with Gasteiger partial charge in [-0.05, 0) is 103 Å². The Kier molecular flexibility index (Phi) is 6.16. The van der Waals surface area contributed by atoms with Crippen molar-refractivity contribution in [3.63, 3.8) is 0 Å². The summed E-state index contributed by atoms with van der Waals surface area (Å²) >= 11 is 0. The summed E-state index contributed by atoms with van der Waals surface area (Å²) in [4.78, 5) is 39.2. The summed E-state index contributed by atoms with van der Waals surface area (Å²) < 4.78 is 0. The van der Waals surface area contributed by atoms with E-state index in [0.717, 1.165) is 51.4 Å². The van der Waals surface area contributed by atoms with Crippen molar-refractivity contribution in [1.29, 1.82) is 0 Å². The standard InChI is InChI=1S/C32H50N2O4/c1-19(35)33-24-10-11-30(6)23(27(24,2)3)9-12-32(8)25(30)22(36)17-20-21-18-29(5,26(37)34-38)14-13-28(21,4)15-16-31(20,32)7/h17,21,23-25,38H,9-16,18H2,1-8H3,(H,33,35)(H,34,37)/t21?,23?,24-,25?,28-,29+,30+,31-,32-/m1/s1. The van der Waals surface area contributed by atoms with Crippen LogP contribution < -0.4 is 10.8 Å². The molecular weight excluding hydrogens is 476 g/mol. The summed E-state index contributed by atoms with van der Waals surface area (Å²) in [5.74, 6) is 0.493. The molecule has 212 valence electrons. The molecule has 4 fully saturated rings. The van der Waals surface area contributed by atoms with Crippen LogP contribution in [0.1, 0.15) is 113 Å². The molecule has 9 atom stereocenters. The van der Waals surface area contributed by atoms with Crippen molar-refractivity contribution < 1.29 is 19.6 Å². The Balaban J connectivity index is 1.57. The predicted molar refractivity (Wildman–Crippen MR) is 147 cm³/mol. The highest BCUT2D eigenvalue weighted by molar-refractivity contribution is 5.95. The smallest absolute Gasteiger partial charge is 0.249 e. The van der Waals surface area contributed by atoms with E-state index in [0.29, 0.717) is 12.3 Å². The van der Waals surface area contributed by atoms with Gasteiger partial charge >= 0.3 is 0 Å². The molecule has 0 spiro atoms. The molecule has 0 aromatic heterocycles. The van der Waals surface area contributed by atoms with Crippen LogP contribution in [0.2, 0.25) is 0 Å². The van der Waals surface area contributed by atoms with E-state index >= 15 is 0 Å². The Bertz CT molecular complexity index is 1100. The maximum absolute atomic E-state index is 14.4. The van der Waals surface area contributed by atoms with E-state index in [-0.39, 0.29) is 62.6 Å². The number of allylic oxidation sites excluding steroid dienone is 2. The van der Waals surface area contributed by atoms with Crippen LogP contribution in [0.4, 0.5) is 0 Å². The summed E-state index contributed by atoms with van der Waals surface area (Å²) in [6.07, 6.45) is 10.5. The summed E-state index contributed by atoms with van der Waals surface area (Å²) in [7, 11) is 0. The summed E-state index contributed by atoms with van der Waals surface area (Å²) in [6, 6.07) is 0.135. The lowest BCUT2D eigenvalue weighted by Gasteiger charge is -2.70. The zero-order valence-electron chi connectivity index (χ0n) is 24.9. The van der Waals surface area contributed by atoms with Gasteiger partial charge in [0.1, 0.15) is 0 Å². The number of carbonyl (C=O) groups excluding carboxylic acids is 3. The Morgan fingerprint density at radius 1 is 0.921 bits per heavy atom. The van der Waals surface area contributed by atoms with Gasteiger partial charge in [-0.15, -0.1) is 0 Å². The highest BCUT2D eigenvalue weighted by Crippen LogP contribution is 2.75. The van der Waals surface area contributed by atoms with Crippen LogP contribution in [-0.2, 0) is 14.4 Å². The van der Waals surface area contributed by atoms with Gasteiger partial charge in [0.15, 0.2) is 5.78 Å². The zero-order chi connectivity index (χ0) is 28.1. The SMILES string of the molecule is CC(=O)N[C@@H]1CC[C@@]2(C)C(CC[C@]3(C)C2C(=O)C=C2C4C[C@@](C)(C(=O)NO)CC[C@]4(C)CC[C@]23C)C1(C)C. The molecule has 0 aliphatic heterocycles. The van der Waals surface area contributed by atoms with Gasteiger partial charge in [-0.3, -0.25) is 19.6 Å². The predicted octanol–water partition coefficient (Wildman–Crippen LogP) is 5.98. The first-order chi connectivity index (χ1) is 17.5. The van der Waals surface area contributed by atoms with Crippen LogP contribution in [-0.4, -0.2) is 28.8 Å². The third-order valence-corrected chi connectivity index (χ3v) is 13.6. The lowest BCUT2D eigenvalue weighted by Crippen LogP contribution is -2.67. The molecule has 6 nitrogen and oxygen atoms in total. The Morgan fingerprint density at radius 3 is 2.21 bits per heavy atom. The second kappa shape index (κ2) is 8.41. The highest BCUT2D eigenvalue weighted by atomic mass is 16.5. The lowest BCUT2D eigenvalue weighted by molar-refractivity contribution is -0.189. The third kappa shape index (κ3) is 3.50. The van der Waals surface area contributed by atoms with Gasteiger partial charge in [0.25, 0.3) is 0 Å². The highest BCUT2D eigenvalue weighted by Gasteiger charge is 2.70. The number of hydroxylamine groups is 1. The van der Waals surface area contributed by atoms with E-state index in [1.165, 1.54) is 5.57 Å². The first-order valence-corrected chi connectivity index (χ1v) is 15.0. The number of ketones is 1. The summed E-state index contributed by atoms with van der Waals surface area (Å²) in [5.41, 5.74) is 2.20. The van der Waals surface area contributed by atoms with Crippen LogP contribution in [0.15, 0.2) is 11.6 Å². The number of nitrogens with one attached hydrogen (secondary N) is 2. The average Bonchev–Trinajstić information content (AvgIpc) is 2.82. The maximum atomic E-state index is 14.4. The first-order valence-electron chi connectivity index (χ1n) is 15.0. The topological polar surface area (TPSA) is 95.5 Å². The van der Waals surface area contributed by atoms with E-state index < -0.39 is 5.41 Å². The second-order valence-electron chi connectivity index (χ2n) is 15.8. The molecule has 6 heteroatoms. The number of carbonyl (C=O) groups is 3. The molecule has 2 amide bonds. The van der Waals surface area contributed by atoms with Gasteiger partial charge in [-0.2, -0.15) is 0 Å². The Morgan fingerprint density at radius 2 is 1.58 bits per heavy atom. The van der Waals surface area contributed by atoms with Crippen LogP contribution in [0.3, 0.4) is 0 Å². The summed E-state index contributed by atoms with van der Waals surface area (Å²) in [5, 5.41) is 12.7. The Hall–Kier alpha value is -1.69. The fraction of sp³-hybridized carbons (Fsp3) is 0.844. The quantitative estimate of drug-likeness (QED) is 0.305. The number of amides is 2. The van der Waals surface area contributed by atoms with E-state index in [2.05, 4.69) is 46.9 Å². The minimum Gasteiger partial charge on any atom is -0.353 e. The number of hydrogen-bond acceptors (Lipinski definition) is 4. The molecule has 0 aromatic rings.